The van der Waals surface area contributed by atoms with Crippen molar-refractivity contribution >= 4 is 11.3 Å². The van der Waals surface area contributed by atoms with E-state index in [1.54, 1.807) is 6.07 Å². The summed E-state index contributed by atoms with van der Waals surface area (Å²) in [6.45, 7) is 1.78. The van der Waals surface area contributed by atoms with Crippen LogP contribution in [0.3, 0.4) is 0 Å². The molecular weight excluding hydrogens is 241 g/mol. The highest BCUT2D eigenvalue weighted by Gasteiger charge is 2.14. The molecule has 2 rings (SSSR count). The third-order valence-corrected chi connectivity index (χ3v) is 3.35. The highest BCUT2D eigenvalue weighted by Crippen LogP contribution is 2.34. The van der Waals surface area contributed by atoms with Crippen LogP contribution in [-0.2, 0) is 6.61 Å². The molecule has 1 heterocycles. The van der Waals surface area contributed by atoms with Gasteiger partial charge >= 0.3 is 0 Å². The van der Waals surface area contributed by atoms with E-state index in [-0.39, 0.29) is 12.4 Å². The molecule has 0 fully saturated rings. The maximum absolute atomic E-state index is 13.3. The topological polar surface area (TPSA) is 42.4 Å². The van der Waals surface area contributed by atoms with Crippen LogP contribution in [0.1, 0.15) is 9.88 Å². The van der Waals surface area contributed by atoms with Gasteiger partial charge in [0.1, 0.15) is 16.6 Å². The van der Waals surface area contributed by atoms with Crippen molar-refractivity contribution in [3.63, 3.8) is 0 Å². The fraction of sp³-hybridized carbons (Fsp3) is 0.250. The van der Waals surface area contributed by atoms with Gasteiger partial charge < -0.3 is 9.84 Å². The number of benzene rings is 1. The van der Waals surface area contributed by atoms with Crippen molar-refractivity contribution in [3.05, 3.63) is 33.9 Å². The van der Waals surface area contributed by atoms with Crippen molar-refractivity contribution in [2.24, 2.45) is 0 Å². The first-order chi connectivity index (χ1) is 8.15. The minimum absolute atomic E-state index is 0.108. The van der Waals surface area contributed by atoms with Gasteiger partial charge in [0.25, 0.3) is 0 Å². The zero-order chi connectivity index (χ0) is 12.4. The number of thiazole rings is 1. The van der Waals surface area contributed by atoms with Gasteiger partial charge in [-0.15, -0.1) is 11.3 Å². The largest absolute Gasteiger partial charge is 0.496 e. The molecule has 0 aliphatic carbocycles. The summed E-state index contributed by atoms with van der Waals surface area (Å²) < 4.78 is 18.4. The summed E-state index contributed by atoms with van der Waals surface area (Å²) >= 11 is 1.40. The van der Waals surface area contributed by atoms with E-state index < -0.39 is 0 Å². The molecule has 1 N–H and O–H groups in total. The fourth-order valence-electron chi connectivity index (χ4n) is 1.63. The molecule has 0 unspecified atom stereocenters. The Bertz CT molecular complexity index is 539. The molecule has 90 valence electrons. The van der Waals surface area contributed by atoms with Gasteiger partial charge in [-0.1, -0.05) is 0 Å². The van der Waals surface area contributed by atoms with Gasteiger partial charge in [0.05, 0.1) is 19.4 Å². The lowest BCUT2D eigenvalue weighted by Crippen LogP contribution is -1.91. The van der Waals surface area contributed by atoms with Gasteiger partial charge in [-0.05, 0) is 25.1 Å². The van der Waals surface area contributed by atoms with Gasteiger partial charge in [-0.2, -0.15) is 0 Å². The van der Waals surface area contributed by atoms with Crippen molar-refractivity contribution in [2.45, 2.75) is 13.5 Å². The van der Waals surface area contributed by atoms with E-state index in [0.717, 1.165) is 4.88 Å². The van der Waals surface area contributed by atoms with Crippen molar-refractivity contribution in [2.75, 3.05) is 7.11 Å². The molecule has 1 aromatic carbocycles. The molecule has 1 aromatic heterocycles. The number of ether oxygens (including phenoxy) is 1. The molecule has 0 spiro atoms. The highest BCUT2D eigenvalue weighted by molar-refractivity contribution is 7.12. The maximum Gasteiger partial charge on any atom is 0.128 e. The second-order valence-electron chi connectivity index (χ2n) is 3.52. The van der Waals surface area contributed by atoms with Crippen LogP contribution in [0, 0.1) is 12.7 Å². The summed E-state index contributed by atoms with van der Waals surface area (Å²) in [6.07, 6.45) is 0. The fourth-order valence-corrected chi connectivity index (χ4v) is 2.44. The average Bonchev–Trinajstić information content (AvgIpc) is 2.70. The first-order valence-corrected chi connectivity index (χ1v) is 5.88. The third kappa shape index (κ3) is 2.30. The Morgan fingerprint density at radius 1 is 1.47 bits per heavy atom. The molecular formula is C12H12FNO2S. The SMILES string of the molecule is COc1ccc(F)cc1-c1nc(CO)sc1C. The standard InChI is InChI=1S/C12H12FNO2S/c1-7-12(14-11(6-15)17-7)9-5-8(13)3-4-10(9)16-2/h3-5,15H,6H2,1-2H3. The minimum atomic E-state index is -0.334. The van der Waals surface area contributed by atoms with Gasteiger partial charge in [0.2, 0.25) is 0 Å². The number of halogens is 1. The number of methoxy groups -OCH3 is 1. The molecule has 17 heavy (non-hydrogen) atoms. The molecule has 0 amide bonds. The summed E-state index contributed by atoms with van der Waals surface area (Å²) in [5.41, 5.74) is 1.27. The number of hydrogen-bond donors (Lipinski definition) is 1. The molecule has 0 aliphatic rings. The Kier molecular flexibility index (Phi) is 3.40. The maximum atomic E-state index is 13.3. The predicted octanol–water partition coefficient (Wildman–Crippen LogP) is 2.76. The van der Waals surface area contributed by atoms with Crippen LogP contribution < -0.4 is 4.74 Å². The zero-order valence-corrected chi connectivity index (χ0v) is 10.3. The highest BCUT2D eigenvalue weighted by atomic mass is 32.1. The molecule has 3 nitrogen and oxygen atoms in total. The van der Waals surface area contributed by atoms with Crippen molar-refractivity contribution in [1.82, 2.24) is 4.98 Å². The predicted molar refractivity (Wildman–Crippen MR) is 64.7 cm³/mol. The molecule has 0 radical (unpaired) electrons. The Hall–Kier alpha value is -1.46. The summed E-state index contributed by atoms with van der Waals surface area (Å²) in [5, 5.41) is 9.66. The van der Waals surface area contributed by atoms with E-state index >= 15 is 0 Å². The van der Waals surface area contributed by atoms with Crippen LogP contribution in [0.4, 0.5) is 4.39 Å². The van der Waals surface area contributed by atoms with Crippen molar-refractivity contribution in [1.29, 1.82) is 0 Å². The quantitative estimate of drug-likeness (QED) is 0.914. The molecule has 0 aliphatic heterocycles. The van der Waals surface area contributed by atoms with Crippen LogP contribution in [0.2, 0.25) is 0 Å². The second kappa shape index (κ2) is 4.81. The molecule has 5 heteroatoms. The van der Waals surface area contributed by atoms with E-state index in [9.17, 15) is 4.39 Å². The first-order valence-electron chi connectivity index (χ1n) is 5.06. The molecule has 2 aromatic rings. The summed E-state index contributed by atoms with van der Waals surface area (Å²) in [5.74, 6) is 0.239. The summed E-state index contributed by atoms with van der Waals surface area (Å²) in [4.78, 5) is 5.20. The molecule has 0 saturated carbocycles. The van der Waals surface area contributed by atoms with Gasteiger partial charge in [-0.3, -0.25) is 0 Å². The lowest BCUT2D eigenvalue weighted by molar-refractivity contribution is 0.281. The Morgan fingerprint density at radius 3 is 2.82 bits per heavy atom. The number of aromatic nitrogens is 1. The monoisotopic (exact) mass is 253 g/mol. The molecule has 0 bridgehead atoms. The van der Waals surface area contributed by atoms with Crippen LogP contribution in [0.15, 0.2) is 18.2 Å². The number of nitrogens with zero attached hydrogens (tertiary/aromatic N) is 1. The number of aryl methyl sites for hydroxylation is 1. The third-order valence-electron chi connectivity index (χ3n) is 2.39. The lowest BCUT2D eigenvalue weighted by atomic mass is 10.1. The Labute approximate surface area is 103 Å². The Balaban J connectivity index is 2.58. The minimum Gasteiger partial charge on any atom is -0.496 e. The van der Waals surface area contributed by atoms with Gasteiger partial charge in [0, 0.05) is 10.4 Å². The van der Waals surface area contributed by atoms with E-state index in [1.165, 1.54) is 30.6 Å². The average molecular weight is 253 g/mol. The summed E-state index contributed by atoms with van der Waals surface area (Å²) in [6, 6.07) is 4.31. The summed E-state index contributed by atoms with van der Waals surface area (Å²) in [7, 11) is 1.53. The lowest BCUT2D eigenvalue weighted by Gasteiger charge is -2.06. The smallest absolute Gasteiger partial charge is 0.128 e. The zero-order valence-electron chi connectivity index (χ0n) is 9.53. The van der Waals surface area contributed by atoms with Crippen molar-refractivity contribution < 1.29 is 14.2 Å². The Morgan fingerprint density at radius 2 is 2.24 bits per heavy atom. The van der Waals surface area contributed by atoms with Crippen LogP contribution in [0.25, 0.3) is 11.3 Å². The molecule has 0 saturated heterocycles. The van der Waals surface area contributed by atoms with E-state index in [2.05, 4.69) is 4.98 Å². The normalized spacial score (nSPS) is 10.6. The number of aliphatic hydroxyl groups excluding tert-OH is 1. The van der Waals surface area contributed by atoms with Gasteiger partial charge in [0.15, 0.2) is 0 Å². The number of aliphatic hydroxyl groups is 1. The number of hydrogen-bond acceptors (Lipinski definition) is 4. The van der Waals surface area contributed by atoms with Crippen LogP contribution in [-0.4, -0.2) is 17.2 Å². The van der Waals surface area contributed by atoms with Gasteiger partial charge in [-0.25, -0.2) is 9.37 Å². The van der Waals surface area contributed by atoms with Crippen molar-refractivity contribution in [3.8, 4) is 17.0 Å². The first kappa shape index (κ1) is 12.0. The molecule has 0 atom stereocenters. The number of rotatable bonds is 3. The van der Waals surface area contributed by atoms with Crippen LogP contribution in [0.5, 0.6) is 5.75 Å². The van der Waals surface area contributed by atoms with E-state index in [0.29, 0.717) is 22.0 Å². The van der Waals surface area contributed by atoms with E-state index in [4.69, 9.17) is 9.84 Å². The van der Waals surface area contributed by atoms with Crippen LogP contribution >= 0.6 is 11.3 Å². The second-order valence-corrected chi connectivity index (χ2v) is 4.80. The van der Waals surface area contributed by atoms with E-state index in [1.807, 2.05) is 6.92 Å².